The van der Waals surface area contributed by atoms with Crippen molar-refractivity contribution in [2.75, 3.05) is 13.1 Å². The van der Waals surface area contributed by atoms with Crippen molar-refractivity contribution in [1.82, 2.24) is 15.0 Å². The van der Waals surface area contributed by atoms with E-state index in [2.05, 4.69) is 10.1 Å². The molecule has 25 heavy (non-hydrogen) atoms. The molecule has 1 aliphatic heterocycles. The van der Waals surface area contributed by atoms with Crippen LogP contribution in [0.2, 0.25) is 0 Å². The number of benzene rings is 1. The van der Waals surface area contributed by atoms with Gasteiger partial charge in [0.05, 0.1) is 5.56 Å². The number of carbonyl (C=O) groups excluding carboxylic acids is 1. The van der Waals surface area contributed by atoms with Gasteiger partial charge in [-0.15, -0.1) is 0 Å². The highest BCUT2D eigenvalue weighted by molar-refractivity contribution is 5.94. The van der Waals surface area contributed by atoms with Crippen LogP contribution in [0.5, 0.6) is 0 Å². The summed E-state index contributed by atoms with van der Waals surface area (Å²) in [5.74, 6) is -2.01. The molecular formula is C18H15F2N3O2. The highest BCUT2D eigenvalue weighted by Crippen LogP contribution is 2.33. The number of amides is 1. The number of aromatic amines is 1. The molecule has 3 aromatic rings. The molecule has 0 spiro atoms. The molecule has 1 saturated heterocycles. The van der Waals surface area contributed by atoms with Crippen molar-refractivity contribution in [3.8, 4) is 22.4 Å². The van der Waals surface area contributed by atoms with Crippen LogP contribution in [0, 0.1) is 11.6 Å². The molecule has 1 N–H and O–H groups in total. The molecule has 0 unspecified atom stereocenters. The number of carbonyl (C=O) groups is 1. The van der Waals surface area contributed by atoms with E-state index in [4.69, 9.17) is 4.52 Å². The van der Waals surface area contributed by atoms with Crippen molar-refractivity contribution < 1.29 is 18.1 Å². The number of nitrogens with one attached hydrogen (secondary N) is 1. The van der Waals surface area contributed by atoms with Crippen LogP contribution in [0.1, 0.15) is 23.3 Å². The molecule has 1 amide bonds. The molecule has 0 radical (unpaired) electrons. The summed E-state index contributed by atoms with van der Waals surface area (Å²) >= 11 is 0. The van der Waals surface area contributed by atoms with Gasteiger partial charge in [-0.05, 0) is 31.0 Å². The van der Waals surface area contributed by atoms with Gasteiger partial charge < -0.3 is 14.4 Å². The highest BCUT2D eigenvalue weighted by Gasteiger charge is 2.23. The first-order chi connectivity index (χ1) is 12.1. The molecule has 4 rings (SSSR count). The fraction of sp³-hybridized carbons (Fsp3) is 0.222. The van der Waals surface area contributed by atoms with Gasteiger partial charge in [-0.3, -0.25) is 4.79 Å². The average Bonchev–Trinajstić information content (AvgIpc) is 3.37. The van der Waals surface area contributed by atoms with Crippen LogP contribution >= 0.6 is 0 Å². The Kier molecular flexibility index (Phi) is 3.83. The van der Waals surface area contributed by atoms with Crippen LogP contribution in [0.15, 0.2) is 41.2 Å². The maximum atomic E-state index is 14.1. The minimum atomic E-state index is -0.985. The lowest BCUT2D eigenvalue weighted by atomic mass is 10.0. The Balaban J connectivity index is 1.69. The molecule has 1 aromatic carbocycles. The Labute approximate surface area is 142 Å². The standard InChI is InChI=1S/C18H15F2N3O2/c19-14-5-3-4-12(16(14)20)17-13(10-25-22-17)11-8-15(21-9-11)18(24)23-6-1-2-7-23/h3-5,8-10,21H,1-2,6-7H2. The SMILES string of the molecule is O=C(c1cc(-c2conc2-c2cccc(F)c2F)c[nH]1)N1CCCC1. The zero-order chi connectivity index (χ0) is 17.4. The first kappa shape index (κ1) is 15.6. The molecular weight excluding hydrogens is 328 g/mol. The molecule has 3 heterocycles. The largest absolute Gasteiger partial charge is 0.363 e. The van der Waals surface area contributed by atoms with E-state index in [-0.39, 0.29) is 17.2 Å². The second-order valence-electron chi connectivity index (χ2n) is 5.98. The van der Waals surface area contributed by atoms with Gasteiger partial charge in [-0.2, -0.15) is 0 Å². The predicted octanol–water partition coefficient (Wildman–Crippen LogP) is 3.85. The first-order valence-corrected chi connectivity index (χ1v) is 8.02. The van der Waals surface area contributed by atoms with Gasteiger partial charge in [0.15, 0.2) is 11.6 Å². The zero-order valence-corrected chi connectivity index (χ0v) is 13.3. The van der Waals surface area contributed by atoms with E-state index in [1.807, 2.05) is 0 Å². The number of nitrogens with zero attached hydrogens (tertiary/aromatic N) is 2. The van der Waals surface area contributed by atoms with Crippen LogP contribution in [0.25, 0.3) is 22.4 Å². The van der Waals surface area contributed by atoms with Gasteiger partial charge >= 0.3 is 0 Å². The summed E-state index contributed by atoms with van der Waals surface area (Å²) in [7, 11) is 0. The average molecular weight is 343 g/mol. The van der Waals surface area contributed by atoms with Gasteiger partial charge in [-0.25, -0.2) is 8.78 Å². The minimum Gasteiger partial charge on any atom is -0.363 e. The second kappa shape index (κ2) is 6.16. The zero-order valence-electron chi connectivity index (χ0n) is 13.3. The lowest BCUT2D eigenvalue weighted by molar-refractivity contribution is 0.0787. The number of rotatable bonds is 3. The van der Waals surface area contributed by atoms with E-state index in [1.54, 1.807) is 17.2 Å². The third-order valence-electron chi connectivity index (χ3n) is 4.39. The van der Waals surface area contributed by atoms with Gasteiger partial charge in [0.2, 0.25) is 0 Å². The monoisotopic (exact) mass is 343 g/mol. The van der Waals surface area contributed by atoms with Crippen LogP contribution in [-0.4, -0.2) is 34.0 Å². The molecule has 0 bridgehead atoms. The van der Waals surface area contributed by atoms with Gasteiger partial charge in [0, 0.05) is 30.4 Å². The number of H-pyrrole nitrogens is 1. The molecule has 1 fully saturated rings. The predicted molar refractivity (Wildman–Crippen MR) is 86.8 cm³/mol. The van der Waals surface area contributed by atoms with Gasteiger partial charge in [-0.1, -0.05) is 11.2 Å². The van der Waals surface area contributed by atoms with Crippen molar-refractivity contribution in [1.29, 1.82) is 0 Å². The Hall–Kier alpha value is -2.96. The Bertz CT molecular complexity index is 926. The van der Waals surface area contributed by atoms with E-state index in [1.165, 1.54) is 18.4 Å². The second-order valence-corrected chi connectivity index (χ2v) is 5.98. The molecule has 0 atom stereocenters. The van der Waals surface area contributed by atoms with Crippen molar-refractivity contribution in [3.05, 3.63) is 54.1 Å². The lowest BCUT2D eigenvalue weighted by Gasteiger charge is -2.13. The van der Waals surface area contributed by atoms with Gasteiger partial charge in [0.1, 0.15) is 17.7 Å². The minimum absolute atomic E-state index is 0.0115. The topological polar surface area (TPSA) is 62.1 Å². The number of hydrogen-bond donors (Lipinski definition) is 1. The van der Waals surface area contributed by atoms with Crippen molar-refractivity contribution >= 4 is 5.91 Å². The smallest absolute Gasteiger partial charge is 0.270 e. The fourth-order valence-corrected chi connectivity index (χ4v) is 3.09. The molecule has 128 valence electrons. The number of aromatic nitrogens is 2. The quantitative estimate of drug-likeness (QED) is 0.786. The van der Waals surface area contributed by atoms with Crippen LogP contribution in [0.4, 0.5) is 8.78 Å². The van der Waals surface area contributed by atoms with E-state index >= 15 is 0 Å². The molecule has 5 nitrogen and oxygen atoms in total. The van der Waals surface area contributed by atoms with E-state index < -0.39 is 11.6 Å². The molecule has 1 aliphatic rings. The van der Waals surface area contributed by atoms with Crippen molar-refractivity contribution in [2.24, 2.45) is 0 Å². The molecule has 0 aliphatic carbocycles. The Morgan fingerprint density at radius 2 is 2.00 bits per heavy atom. The van der Waals surface area contributed by atoms with E-state index in [0.29, 0.717) is 16.8 Å². The summed E-state index contributed by atoms with van der Waals surface area (Å²) in [6, 6.07) is 5.56. The van der Waals surface area contributed by atoms with Crippen LogP contribution in [0.3, 0.4) is 0 Å². The molecule has 2 aromatic heterocycles. The lowest BCUT2D eigenvalue weighted by Crippen LogP contribution is -2.27. The highest BCUT2D eigenvalue weighted by atomic mass is 19.2. The third kappa shape index (κ3) is 2.71. The summed E-state index contributed by atoms with van der Waals surface area (Å²) in [5.41, 5.74) is 1.76. The number of likely N-dealkylation sites (tertiary alicyclic amines) is 1. The molecule has 0 saturated carbocycles. The van der Waals surface area contributed by atoms with Crippen LogP contribution < -0.4 is 0 Å². The molecule has 7 heteroatoms. The number of hydrogen-bond acceptors (Lipinski definition) is 3. The van der Waals surface area contributed by atoms with Crippen LogP contribution in [-0.2, 0) is 0 Å². The Morgan fingerprint density at radius 1 is 1.20 bits per heavy atom. The summed E-state index contributed by atoms with van der Waals surface area (Å²) < 4.78 is 32.5. The van der Waals surface area contributed by atoms with Crippen molar-refractivity contribution in [3.63, 3.8) is 0 Å². The summed E-state index contributed by atoms with van der Waals surface area (Å²) in [4.78, 5) is 17.2. The van der Waals surface area contributed by atoms with E-state index in [9.17, 15) is 13.6 Å². The Morgan fingerprint density at radius 3 is 2.80 bits per heavy atom. The maximum Gasteiger partial charge on any atom is 0.270 e. The summed E-state index contributed by atoms with van der Waals surface area (Å²) in [5, 5.41) is 3.81. The normalized spacial score (nSPS) is 14.2. The fourth-order valence-electron chi connectivity index (χ4n) is 3.09. The summed E-state index contributed by atoms with van der Waals surface area (Å²) in [6.45, 7) is 1.50. The maximum absolute atomic E-state index is 14.1. The third-order valence-corrected chi connectivity index (χ3v) is 4.39. The number of halogens is 2. The van der Waals surface area contributed by atoms with Gasteiger partial charge in [0.25, 0.3) is 5.91 Å². The first-order valence-electron chi connectivity index (χ1n) is 8.02. The van der Waals surface area contributed by atoms with Crippen molar-refractivity contribution in [2.45, 2.75) is 12.8 Å². The van der Waals surface area contributed by atoms with E-state index in [0.717, 1.165) is 32.0 Å². The summed E-state index contributed by atoms with van der Waals surface area (Å²) in [6.07, 6.45) is 5.01.